The van der Waals surface area contributed by atoms with Crippen LogP contribution in [0.25, 0.3) is 11.0 Å². The molecule has 0 spiro atoms. The number of hydrogen-bond donors (Lipinski definition) is 2. The molecule has 4 heterocycles. The highest BCUT2D eigenvalue weighted by Crippen LogP contribution is 2.28. The largest absolute Gasteiger partial charge is 0.355 e. The van der Waals surface area contributed by atoms with Gasteiger partial charge in [-0.15, -0.1) is 0 Å². The van der Waals surface area contributed by atoms with E-state index in [0.717, 1.165) is 55.0 Å². The highest BCUT2D eigenvalue weighted by molar-refractivity contribution is 5.94. The molecule has 1 aliphatic carbocycles. The zero-order chi connectivity index (χ0) is 20.5. The van der Waals surface area contributed by atoms with Crippen LogP contribution in [0.15, 0.2) is 36.9 Å². The van der Waals surface area contributed by atoms with Crippen molar-refractivity contribution in [3.8, 4) is 0 Å². The molecule has 2 aliphatic rings. The van der Waals surface area contributed by atoms with Gasteiger partial charge in [-0.25, -0.2) is 15.0 Å². The van der Waals surface area contributed by atoms with E-state index in [4.69, 9.17) is 0 Å². The maximum Gasteiger partial charge on any atom is 0.253 e. The van der Waals surface area contributed by atoms with Crippen LogP contribution in [0.3, 0.4) is 0 Å². The van der Waals surface area contributed by atoms with Crippen LogP contribution in [-0.4, -0.2) is 58.1 Å². The Morgan fingerprint density at radius 3 is 2.83 bits per heavy atom. The highest BCUT2D eigenvalue weighted by atomic mass is 16.1. The molecule has 1 saturated heterocycles. The summed E-state index contributed by atoms with van der Waals surface area (Å²) in [6.07, 6.45) is 10.8. The Kier molecular flexibility index (Phi) is 4.98. The molecule has 2 fully saturated rings. The Labute approximate surface area is 175 Å². The number of hydrogen-bond acceptors (Lipinski definition) is 6. The van der Waals surface area contributed by atoms with Gasteiger partial charge in [-0.1, -0.05) is 12.8 Å². The lowest BCUT2D eigenvalue weighted by atomic mass is 10.2. The quantitative estimate of drug-likeness (QED) is 0.678. The molecule has 8 nitrogen and oxygen atoms in total. The maximum absolute atomic E-state index is 12.4. The van der Waals surface area contributed by atoms with E-state index in [2.05, 4.69) is 42.1 Å². The molecule has 1 aliphatic heterocycles. The van der Waals surface area contributed by atoms with Gasteiger partial charge in [0.05, 0.1) is 10.9 Å². The van der Waals surface area contributed by atoms with Gasteiger partial charge in [-0.3, -0.25) is 4.79 Å². The van der Waals surface area contributed by atoms with E-state index in [1.54, 1.807) is 12.5 Å². The van der Waals surface area contributed by atoms with Crippen molar-refractivity contribution in [1.82, 2.24) is 25.3 Å². The van der Waals surface area contributed by atoms with Gasteiger partial charge >= 0.3 is 0 Å². The van der Waals surface area contributed by atoms with E-state index < -0.39 is 0 Å². The average Bonchev–Trinajstić information content (AvgIpc) is 3.54. The summed E-state index contributed by atoms with van der Waals surface area (Å²) >= 11 is 0. The lowest BCUT2D eigenvalue weighted by Gasteiger charge is -2.26. The van der Waals surface area contributed by atoms with E-state index >= 15 is 0 Å². The van der Waals surface area contributed by atoms with Crippen molar-refractivity contribution in [3.63, 3.8) is 0 Å². The van der Waals surface area contributed by atoms with Crippen molar-refractivity contribution >= 4 is 28.6 Å². The second-order valence-electron chi connectivity index (χ2n) is 8.30. The predicted octanol–water partition coefficient (Wildman–Crippen LogP) is 2.74. The summed E-state index contributed by atoms with van der Waals surface area (Å²) in [7, 11) is 2.07. The lowest BCUT2D eigenvalue weighted by Crippen LogP contribution is -2.35. The van der Waals surface area contributed by atoms with Crippen molar-refractivity contribution in [2.45, 2.75) is 44.2 Å². The van der Waals surface area contributed by atoms with Crippen molar-refractivity contribution in [2.24, 2.45) is 0 Å². The molecule has 0 aromatic carbocycles. The number of aromatic nitrogens is 4. The molecule has 1 saturated carbocycles. The van der Waals surface area contributed by atoms with Crippen LogP contribution in [0.5, 0.6) is 0 Å². The van der Waals surface area contributed by atoms with Crippen LogP contribution in [0.1, 0.15) is 42.5 Å². The van der Waals surface area contributed by atoms with Gasteiger partial charge in [-0.05, 0) is 37.5 Å². The number of nitrogens with one attached hydrogen (secondary N) is 2. The molecular weight excluding hydrogens is 378 g/mol. The average molecular weight is 406 g/mol. The predicted molar refractivity (Wildman–Crippen MR) is 117 cm³/mol. The summed E-state index contributed by atoms with van der Waals surface area (Å²) in [6, 6.07) is 6.50. The maximum atomic E-state index is 12.4. The molecule has 2 N–H and O–H groups in total. The molecule has 1 atom stereocenters. The normalized spacial score (nSPS) is 19.5. The smallest absolute Gasteiger partial charge is 0.253 e. The molecule has 30 heavy (non-hydrogen) atoms. The molecule has 1 amide bonds. The third-order valence-electron chi connectivity index (χ3n) is 6.41. The molecule has 156 valence electrons. The Bertz CT molecular complexity index is 1030. The summed E-state index contributed by atoms with van der Waals surface area (Å²) in [6.45, 7) is 1.81. The van der Waals surface area contributed by atoms with Crippen molar-refractivity contribution in [1.29, 1.82) is 0 Å². The number of likely N-dealkylation sites (N-methyl/N-ethyl adjacent to an activating group) is 1. The summed E-state index contributed by atoms with van der Waals surface area (Å²) in [5.41, 5.74) is 1.49. The first-order valence-electron chi connectivity index (χ1n) is 10.7. The van der Waals surface area contributed by atoms with Crippen LogP contribution in [-0.2, 0) is 0 Å². The number of pyridine rings is 1. The number of anilines is 2. The minimum atomic E-state index is -0.0186. The van der Waals surface area contributed by atoms with Gasteiger partial charge in [-0.2, -0.15) is 0 Å². The van der Waals surface area contributed by atoms with Crippen LogP contribution in [0, 0.1) is 0 Å². The first kappa shape index (κ1) is 18.8. The fraction of sp³-hybridized carbons (Fsp3) is 0.455. The minimum Gasteiger partial charge on any atom is -0.355 e. The Morgan fingerprint density at radius 1 is 1.17 bits per heavy atom. The summed E-state index contributed by atoms with van der Waals surface area (Å²) in [5, 5.41) is 4.17. The van der Waals surface area contributed by atoms with Gasteiger partial charge in [0, 0.05) is 44.6 Å². The second kappa shape index (κ2) is 7.93. The number of nitrogens with zero attached hydrogens (tertiary/aromatic N) is 5. The third-order valence-corrected chi connectivity index (χ3v) is 6.41. The summed E-state index contributed by atoms with van der Waals surface area (Å²) in [5.74, 6) is 1.84. The first-order chi connectivity index (χ1) is 14.7. The molecule has 5 rings (SSSR count). The van der Waals surface area contributed by atoms with E-state index in [9.17, 15) is 4.79 Å². The van der Waals surface area contributed by atoms with Crippen molar-refractivity contribution in [2.75, 3.05) is 29.9 Å². The highest BCUT2D eigenvalue weighted by Gasteiger charge is 2.28. The number of H-pyrrole nitrogens is 1. The molecule has 0 unspecified atom stereocenters. The van der Waals surface area contributed by atoms with Crippen molar-refractivity contribution in [3.05, 3.63) is 42.5 Å². The first-order valence-corrected chi connectivity index (χ1v) is 10.7. The van der Waals surface area contributed by atoms with E-state index in [1.165, 1.54) is 12.8 Å². The van der Waals surface area contributed by atoms with Gasteiger partial charge in [0.2, 0.25) is 0 Å². The van der Waals surface area contributed by atoms with Crippen LogP contribution >= 0.6 is 0 Å². The minimum absolute atomic E-state index is 0.0186. The fourth-order valence-corrected chi connectivity index (χ4v) is 4.62. The monoisotopic (exact) mass is 405 g/mol. The Hall–Kier alpha value is -3.16. The van der Waals surface area contributed by atoms with Gasteiger partial charge in [0.15, 0.2) is 0 Å². The van der Waals surface area contributed by atoms with Crippen LogP contribution in [0.2, 0.25) is 0 Å². The number of amides is 1. The van der Waals surface area contributed by atoms with Crippen molar-refractivity contribution < 1.29 is 4.79 Å². The Balaban J connectivity index is 1.24. The number of carbonyl (C=O) groups is 1. The van der Waals surface area contributed by atoms with Gasteiger partial charge in [0.1, 0.15) is 23.6 Å². The molecule has 3 aromatic heterocycles. The molecule has 3 aromatic rings. The Morgan fingerprint density at radius 2 is 2.03 bits per heavy atom. The number of fused-ring (bicyclic) bond motifs is 1. The van der Waals surface area contributed by atoms with Crippen LogP contribution < -0.4 is 15.1 Å². The van der Waals surface area contributed by atoms with E-state index in [-0.39, 0.29) is 5.91 Å². The summed E-state index contributed by atoms with van der Waals surface area (Å²) < 4.78 is 0. The third kappa shape index (κ3) is 3.58. The molecule has 8 heteroatoms. The fourth-order valence-electron chi connectivity index (χ4n) is 4.62. The topological polar surface area (TPSA) is 90.0 Å². The number of aromatic amines is 1. The van der Waals surface area contributed by atoms with Gasteiger partial charge in [0.25, 0.3) is 5.91 Å². The zero-order valence-corrected chi connectivity index (χ0v) is 17.2. The molecule has 0 radical (unpaired) electrons. The molecular formula is C22H27N7O. The standard InChI is InChI=1S/C22H27N7O/c1-28(19-7-6-15(12-24-19)22(30)27-16-4-2-3-5-16)17-9-11-29(13-17)21-18-8-10-23-20(18)25-14-26-21/h6-8,10,12,14,16-17H,2-5,9,11,13H2,1H3,(H,27,30)(H,23,25,26)/t17-/m1/s1. The van der Waals surface area contributed by atoms with E-state index in [1.807, 2.05) is 24.4 Å². The molecule has 0 bridgehead atoms. The lowest BCUT2D eigenvalue weighted by molar-refractivity contribution is 0.0937. The zero-order valence-electron chi connectivity index (χ0n) is 17.2. The number of carbonyl (C=O) groups excluding carboxylic acids is 1. The van der Waals surface area contributed by atoms with E-state index in [0.29, 0.717) is 17.6 Å². The SMILES string of the molecule is CN(c1ccc(C(=O)NC2CCCC2)cn1)[C@@H]1CCN(c2ncnc3[nH]ccc23)C1. The van der Waals surface area contributed by atoms with Gasteiger partial charge < -0.3 is 20.1 Å². The number of rotatable bonds is 5. The second-order valence-corrected chi connectivity index (χ2v) is 8.30. The summed E-state index contributed by atoms with van der Waals surface area (Å²) in [4.78, 5) is 33.5. The van der Waals surface area contributed by atoms with Crippen LogP contribution in [0.4, 0.5) is 11.6 Å².